The van der Waals surface area contributed by atoms with Gasteiger partial charge in [-0.3, -0.25) is 0 Å². The van der Waals surface area contributed by atoms with E-state index in [1.165, 1.54) is 6.07 Å². The average Bonchev–Trinajstić information content (AvgIpc) is 2.33. The molecule has 2 nitrogen and oxygen atoms in total. The molecule has 0 unspecified atom stereocenters. The molecule has 88 valence electrons. The first-order chi connectivity index (χ1) is 8.15. The third-order valence-electron chi connectivity index (χ3n) is 2.09. The highest BCUT2D eigenvalue weighted by Gasteiger charge is 2.01. The Kier molecular flexibility index (Phi) is 3.97. The summed E-state index contributed by atoms with van der Waals surface area (Å²) in [7, 11) is 0. The highest BCUT2D eigenvalue weighted by Crippen LogP contribution is 2.19. The van der Waals surface area contributed by atoms with Crippen molar-refractivity contribution < 1.29 is 9.13 Å². The van der Waals surface area contributed by atoms with Gasteiger partial charge in [0.15, 0.2) is 0 Å². The molecule has 1 heterocycles. The van der Waals surface area contributed by atoms with E-state index in [4.69, 9.17) is 16.3 Å². The summed E-state index contributed by atoms with van der Waals surface area (Å²) in [6.45, 7) is 0.349. The summed E-state index contributed by atoms with van der Waals surface area (Å²) in [5, 5.41) is 0.418. The Balaban J connectivity index is 2.02. The summed E-state index contributed by atoms with van der Waals surface area (Å²) in [6, 6.07) is 8.12. The molecule has 0 saturated heterocycles. The van der Waals surface area contributed by atoms with E-state index in [-0.39, 0.29) is 5.82 Å². The van der Waals surface area contributed by atoms with E-state index >= 15 is 0 Å². The van der Waals surface area contributed by atoms with Crippen LogP contribution < -0.4 is 4.74 Å². The molecule has 0 atom stereocenters. The van der Waals surface area contributed by atoms with Crippen LogP contribution in [0, 0.1) is 5.82 Å². The maximum atomic E-state index is 13.0. The largest absolute Gasteiger partial charge is 0.487 e. The number of benzene rings is 1. The summed E-state index contributed by atoms with van der Waals surface area (Å²) in [6.07, 6.45) is 1.54. The van der Waals surface area contributed by atoms with Gasteiger partial charge < -0.3 is 4.74 Å². The van der Waals surface area contributed by atoms with E-state index in [0.29, 0.717) is 22.0 Å². The lowest BCUT2D eigenvalue weighted by Crippen LogP contribution is -1.96. The predicted molar refractivity (Wildman–Crippen MR) is 67.7 cm³/mol. The van der Waals surface area contributed by atoms with Gasteiger partial charge in [0.1, 0.15) is 23.3 Å². The fourth-order valence-corrected chi connectivity index (χ4v) is 1.78. The molecular weight excluding hydrogens is 308 g/mol. The molecule has 0 amide bonds. The Morgan fingerprint density at radius 1 is 1.29 bits per heavy atom. The third kappa shape index (κ3) is 3.41. The number of hydrogen-bond donors (Lipinski definition) is 0. The van der Waals surface area contributed by atoms with E-state index in [9.17, 15) is 4.39 Å². The van der Waals surface area contributed by atoms with Crippen LogP contribution in [-0.2, 0) is 6.61 Å². The number of aromatic nitrogens is 1. The second kappa shape index (κ2) is 5.47. The molecule has 1 aromatic carbocycles. The summed E-state index contributed by atoms with van der Waals surface area (Å²) >= 11 is 8.77. The Morgan fingerprint density at radius 3 is 2.76 bits per heavy atom. The lowest BCUT2D eigenvalue weighted by atomic mass is 10.2. The summed E-state index contributed by atoms with van der Waals surface area (Å²) in [5.74, 6) is 0.330. The van der Waals surface area contributed by atoms with Crippen molar-refractivity contribution in [2.45, 2.75) is 6.61 Å². The van der Waals surface area contributed by atoms with Gasteiger partial charge in [0.05, 0.1) is 10.7 Å². The molecule has 0 aliphatic carbocycles. The quantitative estimate of drug-likeness (QED) is 0.791. The van der Waals surface area contributed by atoms with E-state index in [1.807, 2.05) is 0 Å². The first-order valence-electron chi connectivity index (χ1n) is 4.83. The molecule has 1 aromatic heterocycles. The van der Waals surface area contributed by atoms with Crippen molar-refractivity contribution in [3.63, 3.8) is 0 Å². The molecular formula is C12H8BrClFNO. The highest BCUT2D eigenvalue weighted by molar-refractivity contribution is 9.10. The van der Waals surface area contributed by atoms with Crippen molar-refractivity contribution in [3.05, 3.63) is 57.5 Å². The Bertz CT molecular complexity index is 518. The number of ether oxygens (including phenoxy) is 1. The van der Waals surface area contributed by atoms with Gasteiger partial charge in [0, 0.05) is 0 Å². The maximum absolute atomic E-state index is 13.0. The standard InChI is InChI=1S/C12H8BrClFNO/c13-10-5-8(1-3-11(10)15)7-17-9-2-4-12(14)16-6-9/h1-6H,7H2. The lowest BCUT2D eigenvalue weighted by Gasteiger charge is -2.06. The van der Waals surface area contributed by atoms with Gasteiger partial charge in [-0.1, -0.05) is 17.7 Å². The third-order valence-corrected chi connectivity index (χ3v) is 2.92. The Labute approximate surface area is 112 Å². The van der Waals surface area contributed by atoms with Crippen molar-refractivity contribution in [1.82, 2.24) is 4.98 Å². The SMILES string of the molecule is Fc1ccc(COc2ccc(Cl)nc2)cc1Br. The first kappa shape index (κ1) is 12.3. The van der Waals surface area contributed by atoms with E-state index in [0.717, 1.165) is 5.56 Å². The van der Waals surface area contributed by atoms with Crippen molar-refractivity contribution in [2.24, 2.45) is 0 Å². The molecule has 0 bridgehead atoms. The van der Waals surface area contributed by atoms with Crippen LogP contribution >= 0.6 is 27.5 Å². The zero-order valence-corrected chi connectivity index (χ0v) is 11.0. The van der Waals surface area contributed by atoms with E-state index in [1.54, 1.807) is 30.5 Å². The van der Waals surface area contributed by atoms with Gasteiger partial charge in [-0.25, -0.2) is 9.37 Å². The maximum Gasteiger partial charge on any atom is 0.138 e. The van der Waals surface area contributed by atoms with Gasteiger partial charge in [-0.15, -0.1) is 0 Å². The van der Waals surface area contributed by atoms with Crippen LogP contribution in [-0.4, -0.2) is 4.98 Å². The Hall–Kier alpha value is -1.13. The van der Waals surface area contributed by atoms with Crippen LogP contribution in [0.2, 0.25) is 5.15 Å². The molecule has 0 spiro atoms. The van der Waals surface area contributed by atoms with Gasteiger partial charge in [-0.05, 0) is 45.8 Å². The van der Waals surface area contributed by atoms with Crippen LogP contribution in [0.4, 0.5) is 4.39 Å². The van der Waals surface area contributed by atoms with Gasteiger partial charge in [0.2, 0.25) is 0 Å². The second-order valence-electron chi connectivity index (χ2n) is 3.35. The number of pyridine rings is 1. The highest BCUT2D eigenvalue weighted by atomic mass is 79.9. The average molecular weight is 317 g/mol. The van der Waals surface area contributed by atoms with Gasteiger partial charge >= 0.3 is 0 Å². The molecule has 5 heteroatoms. The van der Waals surface area contributed by atoms with Crippen LogP contribution in [0.3, 0.4) is 0 Å². The fraction of sp³-hybridized carbons (Fsp3) is 0.0833. The van der Waals surface area contributed by atoms with E-state index < -0.39 is 0 Å². The first-order valence-corrected chi connectivity index (χ1v) is 6.00. The molecule has 0 aliphatic heterocycles. The normalized spacial score (nSPS) is 10.3. The zero-order chi connectivity index (χ0) is 12.3. The molecule has 0 saturated carbocycles. The topological polar surface area (TPSA) is 22.1 Å². The number of rotatable bonds is 3. The van der Waals surface area contributed by atoms with Crippen LogP contribution in [0.1, 0.15) is 5.56 Å². The lowest BCUT2D eigenvalue weighted by molar-refractivity contribution is 0.304. The number of halogens is 3. The van der Waals surface area contributed by atoms with Crippen LogP contribution in [0.5, 0.6) is 5.75 Å². The van der Waals surface area contributed by atoms with Crippen molar-refractivity contribution >= 4 is 27.5 Å². The van der Waals surface area contributed by atoms with E-state index in [2.05, 4.69) is 20.9 Å². The molecule has 0 aliphatic rings. The monoisotopic (exact) mass is 315 g/mol. The summed E-state index contributed by atoms with van der Waals surface area (Å²) in [4.78, 5) is 3.89. The minimum Gasteiger partial charge on any atom is -0.487 e. The zero-order valence-electron chi connectivity index (χ0n) is 8.66. The molecule has 17 heavy (non-hydrogen) atoms. The molecule has 0 radical (unpaired) electrons. The van der Waals surface area contributed by atoms with Crippen LogP contribution in [0.15, 0.2) is 41.0 Å². The predicted octanol–water partition coefficient (Wildman–Crippen LogP) is 4.22. The van der Waals surface area contributed by atoms with Crippen molar-refractivity contribution in [3.8, 4) is 5.75 Å². The van der Waals surface area contributed by atoms with Crippen LogP contribution in [0.25, 0.3) is 0 Å². The number of nitrogens with zero attached hydrogens (tertiary/aromatic N) is 1. The molecule has 2 aromatic rings. The fourth-order valence-electron chi connectivity index (χ4n) is 1.24. The minimum absolute atomic E-state index is 0.290. The van der Waals surface area contributed by atoms with Gasteiger partial charge in [-0.2, -0.15) is 0 Å². The molecule has 0 N–H and O–H groups in total. The second-order valence-corrected chi connectivity index (χ2v) is 4.60. The van der Waals surface area contributed by atoms with Gasteiger partial charge in [0.25, 0.3) is 0 Å². The Morgan fingerprint density at radius 2 is 2.12 bits per heavy atom. The summed E-state index contributed by atoms with van der Waals surface area (Å²) < 4.78 is 18.9. The molecule has 0 fully saturated rings. The summed E-state index contributed by atoms with van der Waals surface area (Å²) in [5.41, 5.74) is 0.869. The van der Waals surface area contributed by atoms with Crippen molar-refractivity contribution in [1.29, 1.82) is 0 Å². The smallest absolute Gasteiger partial charge is 0.138 e. The molecule has 2 rings (SSSR count). The van der Waals surface area contributed by atoms with Crippen molar-refractivity contribution in [2.75, 3.05) is 0 Å². The number of hydrogen-bond acceptors (Lipinski definition) is 2. The minimum atomic E-state index is -0.290.